The topological polar surface area (TPSA) is 98.6 Å². The summed E-state index contributed by atoms with van der Waals surface area (Å²) in [6.07, 6.45) is 14.0. The SMILES string of the molecule is Cn1cncc1C(NC(=O)OC1(C)CC1)C1=Cc2cccnc2C(=C2CCN(C(=O)OC3CCCC3)CC2)c2ccc(Cl)cc21. The van der Waals surface area contributed by atoms with Crippen LogP contribution in [0.3, 0.4) is 0 Å². The molecule has 2 saturated carbocycles. The number of benzene rings is 1. The number of halogens is 1. The largest absolute Gasteiger partial charge is 0.446 e. The molecule has 1 aliphatic heterocycles. The number of amides is 2. The first-order valence-corrected chi connectivity index (χ1v) is 16.3. The maximum atomic E-state index is 13.3. The Hall–Kier alpha value is -4.11. The van der Waals surface area contributed by atoms with Gasteiger partial charge in [-0.05, 0) is 99.3 Å². The predicted octanol–water partition coefficient (Wildman–Crippen LogP) is 7.32. The minimum absolute atomic E-state index is 0.0432. The molecule has 3 aliphatic carbocycles. The molecule has 0 radical (unpaired) electrons. The van der Waals surface area contributed by atoms with Crippen molar-refractivity contribution in [1.29, 1.82) is 0 Å². The number of nitrogens with one attached hydrogen (secondary N) is 1. The van der Waals surface area contributed by atoms with Crippen LogP contribution in [-0.4, -0.2) is 56.4 Å². The lowest BCUT2D eigenvalue weighted by Gasteiger charge is -2.31. The van der Waals surface area contributed by atoms with Crippen LogP contribution in [0.2, 0.25) is 5.02 Å². The number of pyridine rings is 1. The van der Waals surface area contributed by atoms with E-state index in [0.717, 1.165) is 77.7 Å². The van der Waals surface area contributed by atoms with Gasteiger partial charge in [-0.1, -0.05) is 29.3 Å². The fraction of sp³-hybridized carbons (Fsp3) is 0.429. The first kappa shape index (κ1) is 29.6. The summed E-state index contributed by atoms with van der Waals surface area (Å²) in [6.45, 7) is 3.12. The zero-order chi connectivity index (χ0) is 31.1. The van der Waals surface area contributed by atoms with E-state index in [4.69, 9.17) is 26.1 Å². The summed E-state index contributed by atoms with van der Waals surface area (Å²) in [7, 11) is 1.91. The highest BCUT2D eigenvalue weighted by atomic mass is 35.5. The molecule has 1 aromatic carbocycles. The number of aromatic nitrogens is 3. The van der Waals surface area contributed by atoms with Crippen molar-refractivity contribution >= 4 is 41.0 Å². The molecule has 3 aromatic rings. The summed E-state index contributed by atoms with van der Waals surface area (Å²) in [5.41, 5.74) is 7.19. The molecule has 3 heterocycles. The van der Waals surface area contributed by atoms with Gasteiger partial charge in [-0.15, -0.1) is 0 Å². The number of likely N-dealkylation sites (tertiary alicyclic amines) is 1. The molecule has 2 aromatic heterocycles. The third kappa shape index (κ3) is 6.10. The van der Waals surface area contributed by atoms with Gasteiger partial charge in [0.25, 0.3) is 0 Å². The molecule has 0 spiro atoms. The number of alkyl carbamates (subject to hydrolysis) is 1. The van der Waals surface area contributed by atoms with Crippen molar-refractivity contribution < 1.29 is 19.1 Å². The smallest absolute Gasteiger partial charge is 0.410 e. The third-order valence-corrected chi connectivity index (χ3v) is 9.75. The number of piperidine rings is 1. The number of aryl methyl sites for hydroxylation is 1. The number of carbonyl (C=O) groups excluding carboxylic acids is 2. The summed E-state index contributed by atoms with van der Waals surface area (Å²) < 4.78 is 13.5. The second-order valence-corrected chi connectivity index (χ2v) is 13.3. The van der Waals surface area contributed by atoms with Gasteiger partial charge in [-0.2, -0.15) is 0 Å². The quantitative estimate of drug-likeness (QED) is 0.318. The van der Waals surface area contributed by atoms with Crippen molar-refractivity contribution in [1.82, 2.24) is 24.8 Å². The molecule has 2 amide bonds. The van der Waals surface area contributed by atoms with Crippen LogP contribution in [0.4, 0.5) is 9.59 Å². The Morgan fingerprint density at radius 1 is 1.11 bits per heavy atom. The lowest BCUT2D eigenvalue weighted by molar-refractivity contribution is 0.0633. The molecule has 0 bridgehead atoms. The minimum Gasteiger partial charge on any atom is -0.446 e. The van der Waals surface area contributed by atoms with Gasteiger partial charge in [-0.25, -0.2) is 14.6 Å². The Kier molecular flexibility index (Phi) is 7.89. The van der Waals surface area contributed by atoms with Crippen LogP contribution in [0, 0.1) is 0 Å². The molecule has 1 atom stereocenters. The van der Waals surface area contributed by atoms with Gasteiger partial charge >= 0.3 is 12.2 Å². The molecule has 1 unspecified atom stereocenters. The monoisotopic (exact) mass is 627 g/mol. The molecule has 10 heteroatoms. The maximum Gasteiger partial charge on any atom is 0.410 e. The average molecular weight is 628 g/mol. The summed E-state index contributed by atoms with van der Waals surface area (Å²) in [6, 6.07) is 9.30. The van der Waals surface area contributed by atoms with E-state index in [1.165, 1.54) is 5.57 Å². The van der Waals surface area contributed by atoms with E-state index in [-0.39, 0.29) is 12.2 Å². The summed E-state index contributed by atoms with van der Waals surface area (Å²) in [5, 5.41) is 3.75. The minimum atomic E-state index is -0.575. The molecule has 3 fully saturated rings. The molecule has 1 saturated heterocycles. The first-order chi connectivity index (χ1) is 21.8. The normalized spacial score (nSPS) is 19.6. The van der Waals surface area contributed by atoms with Crippen LogP contribution in [0.25, 0.3) is 17.2 Å². The molecular formula is C35H38ClN5O4. The molecule has 234 valence electrons. The number of nitrogens with zero attached hydrogens (tertiary/aromatic N) is 4. The van der Waals surface area contributed by atoms with E-state index >= 15 is 0 Å². The summed E-state index contributed by atoms with van der Waals surface area (Å²) >= 11 is 6.68. The Bertz CT molecular complexity index is 1690. The number of rotatable bonds is 5. The van der Waals surface area contributed by atoms with E-state index in [1.54, 1.807) is 12.5 Å². The van der Waals surface area contributed by atoms with Gasteiger partial charge < -0.3 is 24.3 Å². The number of carbonyl (C=O) groups is 2. The molecule has 45 heavy (non-hydrogen) atoms. The standard InChI is InChI=1S/C35H38ClN5O4/c1-35(13-14-35)45-33(42)39-32(29-20-37-21-40(29)2)28-18-23-6-5-15-38-31(23)30(26-10-9-24(36)19-27(26)28)22-11-16-41(17-12-22)34(43)44-25-7-3-4-8-25/h5-6,9-10,15,18-21,25,32H,3-4,7-8,11-14,16-17H2,1-2H3,(H,39,42). The van der Waals surface area contributed by atoms with Gasteiger partial charge in [0.2, 0.25) is 0 Å². The van der Waals surface area contributed by atoms with Crippen LogP contribution in [0.5, 0.6) is 0 Å². The number of fused-ring (bicyclic) bond motifs is 2. The fourth-order valence-corrected chi connectivity index (χ4v) is 6.90. The fourth-order valence-electron chi connectivity index (χ4n) is 6.72. The number of hydrogen-bond acceptors (Lipinski definition) is 6. The first-order valence-electron chi connectivity index (χ1n) is 15.9. The van der Waals surface area contributed by atoms with Crippen LogP contribution in [-0.2, 0) is 16.5 Å². The second-order valence-electron chi connectivity index (χ2n) is 12.8. The van der Waals surface area contributed by atoms with E-state index in [2.05, 4.69) is 16.4 Å². The van der Waals surface area contributed by atoms with Gasteiger partial charge in [0.1, 0.15) is 17.7 Å². The summed E-state index contributed by atoms with van der Waals surface area (Å²) in [5.74, 6) is 0. The van der Waals surface area contributed by atoms with Crippen LogP contribution in [0.15, 0.2) is 54.6 Å². The Balaban J connectivity index is 1.29. The lowest BCUT2D eigenvalue weighted by Crippen LogP contribution is -2.38. The molecule has 4 aliphatic rings. The van der Waals surface area contributed by atoms with Crippen LogP contribution in [0.1, 0.15) is 92.4 Å². The van der Waals surface area contributed by atoms with E-state index in [1.807, 2.05) is 60.0 Å². The van der Waals surface area contributed by atoms with E-state index in [0.29, 0.717) is 31.0 Å². The molecule has 7 rings (SSSR count). The lowest BCUT2D eigenvalue weighted by atomic mass is 9.86. The summed E-state index contributed by atoms with van der Waals surface area (Å²) in [4.78, 5) is 37.4. The van der Waals surface area contributed by atoms with Crippen LogP contribution >= 0.6 is 11.6 Å². The van der Waals surface area contributed by atoms with Gasteiger partial charge in [0.05, 0.1) is 23.9 Å². The Morgan fingerprint density at radius 2 is 1.89 bits per heavy atom. The van der Waals surface area contributed by atoms with Crippen molar-refractivity contribution in [2.75, 3.05) is 13.1 Å². The number of hydrogen-bond donors (Lipinski definition) is 1. The van der Waals surface area contributed by atoms with E-state index in [9.17, 15) is 9.59 Å². The molecular weight excluding hydrogens is 590 g/mol. The van der Waals surface area contributed by atoms with Crippen molar-refractivity contribution in [3.05, 3.63) is 87.7 Å². The Labute approximate surface area is 268 Å². The second kappa shape index (κ2) is 12.0. The van der Waals surface area contributed by atoms with Crippen molar-refractivity contribution in [2.45, 2.75) is 76.0 Å². The zero-order valence-electron chi connectivity index (χ0n) is 25.7. The van der Waals surface area contributed by atoms with Crippen molar-refractivity contribution in [3.8, 4) is 0 Å². The van der Waals surface area contributed by atoms with E-state index < -0.39 is 17.7 Å². The van der Waals surface area contributed by atoms with Crippen molar-refractivity contribution in [2.24, 2.45) is 7.05 Å². The maximum absolute atomic E-state index is 13.3. The molecule has 9 nitrogen and oxygen atoms in total. The molecule has 1 N–H and O–H groups in total. The van der Waals surface area contributed by atoms with Gasteiger partial charge in [0, 0.05) is 42.5 Å². The van der Waals surface area contributed by atoms with Gasteiger partial charge in [0.15, 0.2) is 0 Å². The zero-order valence-corrected chi connectivity index (χ0v) is 26.5. The highest BCUT2D eigenvalue weighted by Crippen LogP contribution is 2.45. The Morgan fingerprint density at radius 3 is 2.60 bits per heavy atom. The number of ether oxygens (including phenoxy) is 2. The third-order valence-electron chi connectivity index (χ3n) is 9.51. The van der Waals surface area contributed by atoms with Crippen molar-refractivity contribution in [3.63, 3.8) is 0 Å². The van der Waals surface area contributed by atoms with Crippen LogP contribution < -0.4 is 5.32 Å². The predicted molar refractivity (Wildman–Crippen MR) is 172 cm³/mol. The van der Waals surface area contributed by atoms with Gasteiger partial charge in [-0.3, -0.25) is 4.98 Å². The highest BCUT2D eigenvalue weighted by Gasteiger charge is 2.42. The highest BCUT2D eigenvalue weighted by molar-refractivity contribution is 6.31. The number of imidazole rings is 1. The average Bonchev–Trinajstić information content (AvgIpc) is 3.35.